The Kier molecular flexibility index (Phi) is 5.01. The summed E-state index contributed by atoms with van der Waals surface area (Å²) in [4.78, 5) is 6.70. The number of hydrogen-bond donors (Lipinski definition) is 1. The third kappa shape index (κ3) is 3.82. The van der Waals surface area contributed by atoms with E-state index in [0.717, 1.165) is 25.6 Å². The average Bonchev–Trinajstić information content (AvgIpc) is 2.85. The normalized spacial score (nSPS) is 21.8. The molecule has 2 rings (SSSR count). The predicted octanol–water partition coefficient (Wildman–Crippen LogP) is 1.48. The molecule has 0 aromatic carbocycles. The Labute approximate surface area is 104 Å². The second-order valence-corrected chi connectivity index (χ2v) is 4.92. The zero-order chi connectivity index (χ0) is 11.9. The van der Waals surface area contributed by atoms with Crippen LogP contribution in [0.25, 0.3) is 0 Å². The highest BCUT2D eigenvalue weighted by Crippen LogP contribution is 2.19. The molecular formula is C13H24N4. The van der Waals surface area contributed by atoms with Gasteiger partial charge in [0.15, 0.2) is 0 Å². The minimum Gasteiger partial charge on any atom is -0.337 e. The van der Waals surface area contributed by atoms with E-state index in [2.05, 4.69) is 14.5 Å². The van der Waals surface area contributed by atoms with Gasteiger partial charge in [-0.3, -0.25) is 0 Å². The van der Waals surface area contributed by atoms with Crippen LogP contribution in [0.15, 0.2) is 18.7 Å². The molecule has 0 radical (unpaired) electrons. The minimum absolute atomic E-state index is 0.733. The second kappa shape index (κ2) is 6.77. The first-order valence-electron chi connectivity index (χ1n) is 6.80. The van der Waals surface area contributed by atoms with Gasteiger partial charge >= 0.3 is 0 Å². The van der Waals surface area contributed by atoms with Crippen molar-refractivity contribution in [1.29, 1.82) is 0 Å². The molecule has 0 bridgehead atoms. The molecule has 17 heavy (non-hydrogen) atoms. The van der Waals surface area contributed by atoms with Crippen LogP contribution in [0.1, 0.15) is 32.1 Å². The van der Waals surface area contributed by atoms with Crippen molar-refractivity contribution in [2.24, 2.45) is 5.73 Å². The van der Waals surface area contributed by atoms with Crippen molar-refractivity contribution in [2.75, 3.05) is 19.6 Å². The molecule has 96 valence electrons. The maximum Gasteiger partial charge on any atom is 0.0945 e. The van der Waals surface area contributed by atoms with Crippen molar-refractivity contribution in [1.82, 2.24) is 14.5 Å². The molecular weight excluding hydrogens is 212 g/mol. The zero-order valence-corrected chi connectivity index (χ0v) is 10.6. The summed E-state index contributed by atoms with van der Waals surface area (Å²) < 4.78 is 2.15. The first-order valence-corrected chi connectivity index (χ1v) is 6.80. The lowest BCUT2D eigenvalue weighted by Gasteiger charge is -2.35. The van der Waals surface area contributed by atoms with Gasteiger partial charge in [-0.25, -0.2) is 4.98 Å². The van der Waals surface area contributed by atoms with E-state index in [9.17, 15) is 0 Å². The number of rotatable bonds is 6. The maximum atomic E-state index is 5.69. The Hall–Kier alpha value is -0.870. The molecule has 0 amide bonds. The van der Waals surface area contributed by atoms with E-state index in [1.54, 1.807) is 0 Å². The monoisotopic (exact) mass is 236 g/mol. The van der Waals surface area contributed by atoms with Crippen molar-refractivity contribution in [2.45, 2.75) is 44.7 Å². The van der Waals surface area contributed by atoms with Gasteiger partial charge in [-0.1, -0.05) is 6.42 Å². The standard InChI is InChI=1S/C13H24N4/c14-6-5-13-4-1-2-9-17(13)10-3-8-16-11-7-15-12-16/h7,11-13H,1-6,8-10,14H2. The van der Waals surface area contributed by atoms with E-state index in [4.69, 9.17) is 5.73 Å². The lowest BCUT2D eigenvalue weighted by Crippen LogP contribution is -2.41. The van der Waals surface area contributed by atoms with Crippen LogP contribution in [0.2, 0.25) is 0 Å². The van der Waals surface area contributed by atoms with Gasteiger partial charge in [-0.15, -0.1) is 0 Å². The van der Waals surface area contributed by atoms with Gasteiger partial charge in [0.1, 0.15) is 0 Å². The van der Waals surface area contributed by atoms with E-state index in [0.29, 0.717) is 0 Å². The Morgan fingerprint density at radius 1 is 1.29 bits per heavy atom. The molecule has 2 heterocycles. The van der Waals surface area contributed by atoms with Crippen LogP contribution in [0.3, 0.4) is 0 Å². The number of nitrogens with zero attached hydrogens (tertiary/aromatic N) is 3. The Bertz CT molecular complexity index is 294. The predicted molar refractivity (Wildman–Crippen MR) is 69.7 cm³/mol. The maximum absolute atomic E-state index is 5.69. The van der Waals surface area contributed by atoms with Crippen LogP contribution in [0, 0.1) is 0 Å². The molecule has 0 spiro atoms. The van der Waals surface area contributed by atoms with Crippen molar-refractivity contribution in [3.8, 4) is 0 Å². The number of likely N-dealkylation sites (tertiary alicyclic amines) is 1. The fraction of sp³-hybridized carbons (Fsp3) is 0.769. The summed E-state index contributed by atoms with van der Waals surface area (Å²) in [6, 6.07) is 0.733. The number of nitrogens with two attached hydrogens (primary N) is 1. The smallest absolute Gasteiger partial charge is 0.0945 e. The summed E-state index contributed by atoms with van der Waals surface area (Å²) in [7, 11) is 0. The summed E-state index contributed by atoms with van der Waals surface area (Å²) >= 11 is 0. The molecule has 1 aliphatic rings. The summed E-state index contributed by atoms with van der Waals surface area (Å²) in [5.41, 5.74) is 5.69. The van der Waals surface area contributed by atoms with E-state index in [1.807, 2.05) is 18.7 Å². The number of hydrogen-bond acceptors (Lipinski definition) is 3. The van der Waals surface area contributed by atoms with E-state index in [-0.39, 0.29) is 0 Å². The molecule has 1 saturated heterocycles. The van der Waals surface area contributed by atoms with Gasteiger partial charge in [-0.2, -0.15) is 0 Å². The number of piperidine rings is 1. The Balaban J connectivity index is 1.72. The molecule has 2 N–H and O–H groups in total. The largest absolute Gasteiger partial charge is 0.337 e. The van der Waals surface area contributed by atoms with Crippen molar-refractivity contribution in [3.63, 3.8) is 0 Å². The summed E-state index contributed by atoms with van der Waals surface area (Å²) in [6.07, 6.45) is 12.2. The molecule has 1 aromatic rings. The Morgan fingerprint density at radius 3 is 3.00 bits per heavy atom. The first kappa shape index (κ1) is 12.6. The second-order valence-electron chi connectivity index (χ2n) is 4.92. The highest BCUT2D eigenvalue weighted by atomic mass is 15.2. The van der Waals surface area contributed by atoms with Gasteiger partial charge in [0.2, 0.25) is 0 Å². The highest BCUT2D eigenvalue weighted by Gasteiger charge is 2.20. The molecule has 1 atom stereocenters. The molecule has 4 nitrogen and oxygen atoms in total. The average molecular weight is 236 g/mol. The number of aryl methyl sites for hydroxylation is 1. The van der Waals surface area contributed by atoms with Gasteiger partial charge in [0.05, 0.1) is 6.33 Å². The Morgan fingerprint density at radius 2 is 2.24 bits per heavy atom. The third-order valence-electron chi connectivity index (χ3n) is 3.67. The minimum atomic E-state index is 0.733. The molecule has 1 fully saturated rings. The van der Waals surface area contributed by atoms with Crippen molar-refractivity contribution < 1.29 is 0 Å². The van der Waals surface area contributed by atoms with Crippen LogP contribution < -0.4 is 5.73 Å². The van der Waals surface area contributed by atoms with Crippen molar-refractivity contribution in [3.05, 3.63) is 18.7 Å². The molecule has 4 heteroatoms. The highest BCUT2D eigenvalue weighted by molar-refractivity contribution is 4.78. The van der Waals surface area contributed by atoms with Crippen LogP contribution in [0.4, 0.5) is 0 Å². The van der Waals surface area contributed by atoms with Crippen molar-refractivity contribution >= 4 is 0 Å². The third-order valence-corrected chi connectivity index (χ3v) is 3.67. The fourth-order valence-corrected chi connectivity index (χ4v) is 2.75. The zero-order valence-electron chi connectivity index (χ0n) is 10.6. The molecule has 0 saturated carbocycles. The van der Waals surface area contributed by atoms with E-state index in [1.165, 1.54) is 38.8 Å². The number of aromatic nitrogens is 2. The van der Waals surface area contributed by atoms with Crippen LogP contribution in [-0.2, 0) is 6.54 Å². The van der Waals surface area contributed by atoms with E-state index < -0.39 is 0 Å². The lowest BCUT2D eigenvalue weighted by atomic mass is 9.99. The van der Waals surface area contributed by atoms with Crippen LogP contribution in [0.5, 0.6) is 0 Å². The lowest BCUT2D eigenvalue weighted by molar-refractivity contribution is 0.138. The van der Waals surface area contributed by atoms with Gasteiger partial charge < -0.3 is 15.2 Å². The van der Waals surface area contributed by atoms with Gasteiger partial charge in [-0.05, 0) is 38.8 Å². The van der Waals surface area contributed by atoms with Gasteiger partial charge in [0, 0.05) is 31.5 Å². The summed E-state index contributed by atoms with van der Waals surface area (Å²) in [6.45, 7) is 4.35. The summed E-state index contributed by atoms with van der Waals surface area (Å²) in [5, 5.41) is 0. The SMILES string of the molecule is NCCC1CCCCN1CCCn1ccnc1. The van der Waals surface area contributed by atoms with Gasteiger partial charge in [0.25, 0.3) is 0 Å². The van der Waals surface area contributed by atoms with E-state index >= 15 is 0 Å². The molecule has 1 aliphatic heterocycles. The van der Waals surface area contributed by atoms with Crippen LogP contribution in [-0.4, -0.2) is 40.1 Å². The van der Waals surface area contributed by atoms with Crippen LogP contribution >= 0.6 is 0 Å². The molecule has 0 aliphatic carbocycles. The fourth-order valence-electron chi connectivity index (χ4n) is 2.75. The molecule has 1 unspecified atom stereocenters. The quantitative estimate of drug-likeness (QED) is 0.814. The topological polar surface area (TPSA) is 47.1 Å². The number of imidazole rings is 1. The molecule has 1 aromatic heterocycles. The first-order chi connectivity index (χ1) is 8.40. The summed E-state index contributed by atoms with van der Waals surface area (Å²) in [5.74, 6) is 0.